The lowest BCUT2D eigenvalue weighted by Crippen LogP contribution is -2.27. The molecule has 2 N–H and O–H groups in total. The highest BCUT2D eigenvalue weighted by Crippen LogP contribution is 2.36. The molecule has 36 heavy (non-hydrogen) atoms. The van der Waals surface area contributed by atoms with Gasteiger partial charge in [-0.2, -0.15) is 0 Å². The highest BCUT2D eigenvalue weighted by Gasteiger charge is 2.20. The highest BCUT2D eigenvalue weighted by atomic mass is 32.2. The predicted molar refractivity (Wildman–Crippen MR) is 130 cm³/mol. The second-order valence-corrected chi connectivity index (χ2v) is 9.03. The van der Waals surface area contributed by atoms with Crippen LogP contribution in [0.2, 0.25) is 0 Å². The van der Waals surface area contributed by atoms with Gasteiger partial charge in [0.05, 0.1) is 25.0 Å². The Balaban J connectivity index is 1.42. The first-order valence-corrected chi connectivity index (χ1v) is 12.4. The van der Waals surface area contributed by atoms with Crippen LogP contribution in [0.25, 0.3) is 0 Å². The first kappa shape index (κ1) is 25.5. The van der Waals surface area contributed by atoms with Crippen LogP contribution in [0.15, 0.2) is 59.5 Å². The zero-order valence-corrected chi connectivity index (χ0v) is 20.4. The molecule has 0 saturated heterocycles. The molecular formula is C26H26FNO7S. The monoisotopic (exact) mass is 515 g/mol. The molecule has 1 atom stereocenters. The van der Waals surface area contributed by atoms with Crippen LogP contribution in [-0.2, 0) is 35.3 Å². The minimum Gasteiger partial charge on any atom is -0.493 e. The third-order valence-corrected chi connectivity index (χ3v) is 6.50. The molecule has 0 bridgehead atoms. The van der Waals surface area contributed by atoms with E-state index in [1.165, 1.54) is 25.3 Å². The van der Waals surface area contributed by atoms with Crippen LogP contribution in [-0.4, -0.2) is 42.1 Å². The Kier molecular flexibility index (Phi) is 8.40. The molecule has 1 aliphatic heterocycles. The van der Waals surface area contributed by atoms with E-state index in [1.54, 1.807) is 12.1 Å². The number of aliphatic hydroxyl groups is 1. The zero-order valence-electron chi connectivity index (χ0n) is 19.6. The van der Waals surface area contributed by atoms with Crippen molar-refractivity contribution in [1.82, 2.24) is 5.32 Å². The summed E-state index contributed by atoms with van der Waals surface area (Å²) in [6.07, 6.45) is 0.558. The molecule has 3 aromatic carbocycles. The average Bonchev–Trinajstić information content (AvgIpc) is 2.89. The molecule has 4 rings (SSSR count). The fourth-order valence-electron chi connectivity index (χ4n) is 3.76. The minimum absolute atomic E-state index is 0.0316. The molecule has 0 spiro atoms. The third-order valence-electron chi connectivity index (χ3n) is 5.54. The number of hydrogen-bond acceptors (Lipinski definition) is 7. The van der Waals surface area contributed by atoms with Crippen LogP contribution in [0.5, 0.6) is 23.0 Å². The van der Waals surface area contributed by atoms with Crippen molar-refractivity contribution in [2.45, 2.75) is 24.3 Å². The van der Waals surface area contributed by atoms with E-state index in [1.807, 2.05) is 18.2 Å². The van der Waals surface area contributed by atoms with Gasteiger partial charge < -0.3 is 28.8 Å². The molecule has 0 aliphatic carbocycles. The van der Waals surface area contributed by atoms with Gasteiger partial charge in [0.2, 0.25) is 17.0 Å². The number of halogens is 1. The number of hydrogen-bond donors (Lipinski definition) is 2. The smallest absolute Gasteiger partial charge is 0.240 e. The molecule has 0 aromatic heterocycles. The normalized spacial score (nSPS) is 13.1. The van der Waals surface area contributed by atoms with Crippen molar-refractivity contribution in [2.24, 2.45) is 0 Å². The third kappa shape index (κ3) is 6.13. The molecule has 10 heteroatoms. The molecule has 8 nitrogen and oxygen atoms in total. The Morgan fingerprint density at radius 1 is 1.11 bits per heavy atom. The number of carbonyl (C=O) groups is 1. The second kappa shape index (κ2) is 11.9. The summed E-state index contributed by atoms with van der Waals surface area (Å²) in [5.74, 6) is 0.848. The van der Waals surface area contributed by atoms with Gasteiger partial charge in [-0.3, -0.25) is 4.79 Å². The van der Waals surface area contributed by atoms with E-state index in [0.717, 1.165) is 11.6 Å². The number of rotatable bonds is 10. The van der Waals surface area contributed by atoms with Gasteiger partial charge >= 0.3 is 0 Å². The molecule has 1 heterocycles. The molecule has 1 aliphatic rings. The van der Waals surface area contributed by atoms with Gasteiger partial charge in [0, 0.05) is 12.1 Å². The molecule has 1 amide bonds. The minimum atomic E-state index is -2.07. The van der Waals surface area contributed by atoms with Gasteiger partial charge in [-0.15, -0.1) is 0 Å². The summed E-state index contributed by atoms with van der Waals surface area (Å²) in [5, 5.41) is 12.9. The van der Waals surface area contributed by atoms with E-state index in [9.17, 15) is 18.5 Å². The van der Waals surface area contributed by atoms with Crippen molar-refractivity contribution in [3.8, 4) is 23.0 Å². The Bertz CT molecular complexity index is 1270. The Morgan fingerprint density at radius 3 is 2.67 bits per heavy atom. The van der Waals surface area contributed by atoms with Gasteiger partial charge in [-0.05, 0) is 53.9 Å². The summed E-state index contributed by atoms with van der Waals surface area (Å²) in [6.45, 7) is 0.948. The van der Waals surface area contributed by atoms with Crippen LogP contribution < -0.4 is 23.7 Å². The average molecular weight is 516 g/mol. The maximum absolute atomic E-state index is 13.5. The summed E-state index contributed by atoms with van der Waals surface area (Å²) < 4.78 is 48.2. The molecule has 1 unspecified atom stereocenters. The number of amides is 1. The quantitative estimate of drug-likeness (QED) is 0.428. The zero-order chi connectivity index (χ0) is 25.5. The second-order valence-electron chi connectivity index (χ2n) is 7.92. The van der Waals surface area contributed by atoms with Crippen LogP contribution in [0.3, 0.4) is 0 Å². The van der Waals surface area contributed by atoms with Crippen molar-refractivity contribution in [1.29, 1.82) is 0 Å². The number of nitrogens with one attached hydrogen (secondary N) is 1. The maximum Gasteiger partial charge on any atom is 0.240 e. The predicted octanol–water partition coefficient (Wildman–Crippen LogP) is 3.10. The topological polar surface area (TPSA) is 103 Å². The summed E-state index contributed by atoms with van der Waals surface area (Å²) in [4.78, 5) is 12.8. The summed E-state index contributed by atoms with van der Waals surface area (Å²) in [5.41, 5.74) is 1.75. The van der Waals surface area contributed by atoms with Gasteiger partial charge in [0.25, 0.3) is 0 Å². The molecule has 0 radical (unpaired) electrons. The lowest BCUT2D eigenvalue weighted by Gasteiger charge is -2.19. The van der Waals surface area contributed by atoms with Gasteiger partial charge in [0.15, 0.2) is 23.0 Å². The van der Waals surface area contributed by atoms with Crippen molar-refractivity contribution in [3.05, 3.63) is 77.1 Å². The van der Waals surface area contributed by atoms with E-state index in [0.29, 0.717) is 43.2 Å². The Labute approximate surface area is 210 Å². The lowest BCUT2D eigenvalue weighted by atomic mass is 10.0. The summed E-state index contributed by atoms with van der Waals surface area (Å²) >= 11 is -2.07. The van der Waals surface area contributed by atoms with E-state index < -0.39 is 23.5 Å². The van der Waals surface area contributed by atoms with Crippen molar-refractivity contribution in [2.75, 3.05) is 26.9 Å². The first-order chi connectivity index (χ1) is 17.5. The first-order valence-electron chi connectivity index (χ1n) is 11.3. The van der Waals surface area contributed by atoms with Crippen LogP contribution in [0.4, 0.5) is 4.39 Å². The van der Waals surface area contributed by atoms with E-state index in [-0.39, 0.29) is 34.3 Å². The SMILES string of the molecule is COc1ccc(CC(=O)NCCc2ccc3c(c2)OCCO3)c(CO)c1OS(=O)c1cccc(F)c1. The Hall–Kier alpha value is -3.63. The van der Waals surface area contributed by atoms with E-state index in [4.69, 9.17) is 18.4 Å². The van der Waals surface area contributed by atoms with Crippen molar-refractivity contribution >= 4 is 17.0 Å². The van der Waals surface area contributed by atoms with E-state index >= 15 is 0 Å². The molecular weight excluding hydrogens is 489 g/mol. The molecule has 0 fully saturated rings. The number of benzene rings is 3. The Morgan fingerprint density at radius 2 is 1.92 bits per heavy atom. The molecule has 3 aromatic rings. The standard InChI is InChI=1S/C26H26FNO7S/c1-32-23-8-6-18(21(16-29)26(23)35-36(31)20-4-2-3-19(27)15-20)14-25(30)28-10-9-17-5-7-22-24(13-17)34-12-11-33-22/h2-8,13,15,29H,9-12,14,16H2,1H3,(H,28,30). The number of fused-ring (bicyclic) bond motifs is 1. The van der Waals surface area contributed by atoms with Crippen molar-refractivity contribution < 1.29 is 36.9 Å². The number of methoxy groups -OCH3 is 1. The maximum atomic E-state index is 13.5. The van der Waals surface area contributed by atoms with Gasteiger partial charge in [0.1, 0.15) is 19.0 Å². The van der Waals surface area contributed by atoms with E-state index in [2.05, 4.69) is 5.32 Å². The van der Waals surface area contributed by atoms with Crippen LogP contribution in [0, 0.1) is 5.82 Å². The fraction of sp³-hybridized carbons (Fsp3) is 0.269. The van der Waals surface area contributed by atoms with Crippen LogP contribution >= 0.6 is 0 Å². The largest absolute Gasteiger partial charge is 0.493 e. The molecule has 0 saturated carbocycles. The van der Waals surface area contributed by atoms with Gasteiger partial charge in [-0.1, -0.05) is 18.2 Å². The lowest BCUT2D eigenvalue weighted by molar-refractivity contribution is -0.120. The number of aliphatic hydroxyl groups excluding tert-OH is 1. The van der Waals surface area contributed by atoms with Gasteiger partial charge in [-0.25, -0.2) is 8.60 Å². The van der Waals surface area contributed by atoms with Crippen LogP contribution in [0.1, 0.15) is 16.7 Å². The molecule has 190 valence electrons. The number of carbonyl (C=O) groups excluding carboxylic acids is 1. The fourth-order valence-corrected chi connectivity index (χ4v) is 4.59. The highest BCUT2D eigenvalue weighted by molar-refractivity contribution is 7.80. The number of ether oxygens (including phenoxy) is 3. The summed E-state index contributed by atoms with van der Waals surface area (Å²) in [7, 11) is 1.40. The summed E-state index contributed by atoms with van der Waals surface area (Å²) in [6, 6.07) is 14.1. The van der Waals surface area contributed by atoms with Crippen molar-refractivity contribution in [3.63, 3.8) is 0 Å².